The quantitative estimate of drug-likeness (QED) is 0.812. The second-order valence-electron chi connectivity index (χ2n) is 5.80. The van der Waals surface area contributed by atoms with Crippen molar-refractivity contribution >= 4 is 29.3 Å². The van der Waals surface area contributed by atoms with E-state index in [0.29, 0.717) is 16.7 Å². The number of amides is 1. The minimum absolute atomic E-state index is 0.0200. The molecule has 0 spiro atoms. The number of carbonyl (C=O) groups is 1. The van der Waals surface area contributed by atoms with Gasteiger partial charge in [-0.15, -0.1) is 10.2 Å². The lowest BCUT2D eigenvalue weighted by molar-refractivity contribution is -0.119. The number of halogens is 1. The monoisotopic (exact) mass is 350 g/mol. The molecule has 122 valence electrons. The Balaban J connectivity index is 1.52. The van der Waals surface area contributed by atoms with Gasteiger partial charge in [-0.3, -0.25) is 4.79 Å². The molecule has 1 amide bonds. The molecule has 1 saturated carbocycles. The fourth-order valence-corrected chi connectivity index (χ4v) is 3.25. The van der Waals surface area contributed by atoms with Crippen LogP contribution in [0.25, 0.3) is 0 Å². The van der Waals surface area contributed by atoms with Gasteiger partial charge in [0.05, 0.1) is 11.8 Å². The maximum Gasteiger partial charge on any atom is 0.230 e. The summed E-state index contributed by atoms with van der Waals surface area (Å²) in [6.45, 7) is 1.96. The third-order valence-electron chi connectivity index (χ3n) is 3.89. The molecule has 1 aliphatic rings. The first-order valence-corrected chi connectivity index (χ1v) is 8.98. The molecule has 1 fully saturated rings. The molecular formula is C16H19ClN4OS. The Morgan fingerprint density at radius 2 is 2.09 bits per heavy atom. The first kappa shape index (κ1) is 16.3. The number of carbonyl (C=O) groups excluding carboxylic acids is 1. The molecule has 1 aromatic carbocycles. The van der Waals surface area contributed by atoms with Crippen molar-refractivity contribution in [1.82, 2.24) is 20.1 Å². The van der Waals surface area contributed by atoms with Crippen LogP contribution in [-0.4, -0.2) is 26.4 Å². The Bertz CT molecular complexity index is 697. The zero-order valence-electron chi connectivity index (χ0n) is 13.1. The molecule has 3 rings (SSSR count). The van der Waals surface area contributed by atoms with Gasteiger partial charge in [0.15, 0.2) is 5.16 Å². The SMILES string of the molecule is C[C@H](NC(=O)CSc1nnc(C2CC2)n1C)c1ccc(Cl)cc1. The van der Waals surface area contributed by atoms with Crippen molar-refractivity contribution in [2.24, 2.45) is 7.05 Å². The van der Waals surface area contributed by atoms with E-state index in [0.717, 1.165) is 16.5 Å². The maximum absolute atomic E-state index is 12.1. The van der Waals surface area contributed by atoms with E-state index in [-0.39, 0.29) is 11.9 Å². The van der Waals surface area contributed by atoms with Gasteiger partial charge in [0.25, 0.3) is 0 Å². The summed E-state index contributed by atoms with van der Waals surface area (Å²) in [4.78, 5) is 12.1. The fraction of sp³-hybridized carbons (Fsp3) is 0.438. The highest BCUT2D eigenvalue weighted by Crippen LogP contribution is 2.39. The van der Waals surface area contributed by atoms with E-state index in [2.05, 4.69) is 15.5 Å². The van der Waals surface area contributed by atoms with Gasteiger partial charge in [-0.1, -0.05) is 35.5 Å². The van der Waals surface area contributed by atoms with Crippen molar-refractivity contribution in [3.8, 4) is 0 Å². The number of hydrogen-bond donors (Lipinski definition) is 1. The van der Waals surface area contributed by atoms with Crippen LogP contribution in [0, 0.1) is 0 Å². The van der Waals surface area contributed by atoms with E-state index < -0.39 is 0 Å². The van der Waals surface area contributed by atoms with Crippen molar-refractivity contribution in [1.29, 1.82) is 0 Å². The summed E-state index contributed by atoms with van der Waals surface area (Å²) >= 11 is 7.29. The van der Waals surface area contributed by atoms with Gasteiger partial charge < -0.3 is 9.88 Å². The third-order valence-corrected chi connectivity index (χ3v) is 5.16. The van der Waals surface area contributed by atoms with E-state index in [9.17, 15) is 4.79 Å². The number of rotatable bonds is 6. The number of benzene rings is 1. The Morgan fingerprint density at radius 3 is 2.74 bits per heavy atom. The molecule has 2 aromatic rings. The normalized spacial score (nSPS) is 15.4. The molecule has 23 heavy (non-hydrogen) atoms. The topological polar surface area (TPSA) is 59.8 Å². The molecule has 5 nitrogen and oxygen atoms in total. The standard InChI is InChI=1S/C16H19ClN4OS/c1-10(11-5-7-13(17)8-6-11)18-14(22)9-23-16-20-19-15(21(16)2)12-3-4-12/h5-8,10,12H,3-4,9H2,1-2H3,(H,18,22)/t10-/m0/s1. The second-order valence-corrected chi connectivity index (χ2v) is 7.18. The predicted molar refractivity (Wildman–Crippen MR) is 91.7 cm³/mol. The van der Waals surface area contributed by atoms with Crippen molar-refractivity contribution in [3.63, 3.8) is 0 Å². The summed E-state index contributed by atoms with van der Waals surface area (Å²) in [5, 5.41) is 12.9. The largest absolute Gasteiger partial charge is 0.349 e. The fourth-order valence-electron chi connectivity index (χ4n) is 2.40. The number of nitrogens with zero attached hydrogens (tertiary/aromatic N) is 3. The Hall–Kier alpha value is -1.53. The molecule has 0 aliphatic heterocycles. The lowest BCUT2D eigenvalue weighted by Gasteiger charge is -2.14. The van der Waals surface area contributed by atoms with Crippen molar-refractivity contribution in [3.05, 3.63) is 40.7 Å². The smallest absolute Gasteiger partial charge is 0.230 e. The van der Waals surface area contributed by atoms with Crippen molar-refractivity contribution < 1.29 is 4.79 Å². The van der Waals surface area contributed by atoms with E-state index in [1.807, 2.05) is 42.8 Å². The number of aromatic nitrogens is 3. The molecule has 7 heteroatoms. The van der Waals surface area contributed by atoms with Gasteiger partial charge in [-0.25, -0.2) is 0 Å². The minimum atomic E-state index is -0.0538. The number of nitrogens with one attached hydrogen (secondary N) is 1. The summed E-state index contributed by atoms with van der Waals surface area (Å²) in [5.74, 6) is 1.89. The molecule has 1 heterocycles. The average molecular weight is 351 g/mol. The van der Waals surface area contributed by atoms with Crippen molar-refractivity contribution in [2.45, 2.75) is 36.9 Å². The third kappa shape index (κ3) is 4.06. The predicted octanol–water partition coefficient (Wildman–Crippen LogP) is 3.32. The summed E-state index contributed by atoms with van der Waals surface area (Å²) in [7, 11) is 1.96. The summed E-state index contributed by atoms with van der Waals surface area (Å²) in [5.41, 5.74) is 1.03. The van der Waals surface area contributed by atoms with Crippen LogP contribution in [0.5, 0.6) is 0 Å². The highest BCUT2D eigenvalue weighted by atomic mass is 35.5. The zero-order valence-corrected chi connectivity index (χ0v) is 14.7. The van der Waals surface area contributed by atoms with Gasteiger partial charge in [0, 0.05) is 18.0 Å². The van der Waals surface area contributed by atoms with Crippen LogP contribution in [0.4, 0.5) is 0 Å². The van der Waals surface area contributed by atoms with Gasteiger partial charge in [-0.2, -0.15) is 0 Å². The molecule has 1 aromatic heterocycles. The first-order chi connectivity index (χ1) is 11.0. The number of hydrogen-bond acceptors (Lipinski definition) is 4. The number of thioether (sulfide) groups is 1. The second kappa shape index (κ2) is 6.93. The van der Waals surface area contributed by atoms with E-state index >= 15 is 0 Å². The van der Waals surface area contributed by atoms with E-state index in [1.165, 1.54) is 24.6 Å². The van der Waals surface area contributed by atoms with Crippen molar-refractivity contribution in [2.75, 3.05) is 5.75 Å². The molecule has 0 bridgehead atoms. The van der Waals surface area contributed by atoms with Crippen LogP contribution < -0.4 is 5.32 Å². The minimum Gasteiger partial charge on any atom is -0.349 e. The summed E-state index contributed by atoms with van der Waals surface area (Å²) in [6, 6.07) is 7.44. The van der Waals surface area contributed by atoms with Gasteiger partial charge >= 0.3 is 0 Å². The van der Waals surface area contributed by atoms with E-state index in [1.54, 1.807) is 0 Å². The van der Waals surface area contributed by atoms with Crippen LogP contribution in [0.15, 0.2) is 29.4 Å². The molecule has 0 unspecified atom stereocenters. The molecule has 0 radical (unpaired) electrons. The lowest BCUT2D eigenvalue weighted by atomic mass is 10.1. The van der Waals surface area contributed by atoms with Crippen LogP contribution in [0.2, 0.25) is 5.02 Å². The summed E-state index contributed by atoms with van der Waals surface area (Å²) in [6.07, 6.45) is 2.38. The molecular weight excluding hydrogens is 332 g/mol. The zero-order chi connectivity index (χ0) is 16.4. The molecule has 1 aliphatic carbocycles. The van der Waals surface area contributed by atoms with Crippen LogP contribution in [0.1, 0.15) is 43.1 Å². The van der Waals surface area contributed by atoms with Gasteiger partial charge in [-0.05, 0) is 37.5 Å². The highest BCUT2D eigenvalue weighted by Gasteiger charge is 2.29. The molecule has 1 atom stereocenters. The Morgan fingerprint density at radius 1 is 1.39 bits per heavy atom. The maximum atomic E-state index is 12.1. The van der Waals surface area contributed by atoms with Gasteiger partial charge in [0.1, 0.15) is 5.82 Å². The average Bonchev–Trinajstić information content (AvgIpc) is 3.30. The summed E-state index contributed by atoms with van der Waals surface area (Å²) < 4.78 is 2.00. The molecule has 0 saturated heterocycles. The highest BCUT2D eigenvalue weighted by molar-refractivity contribution is 7.99. The lowest BCUT2D eigenvalue weighted by Crippen LogP contribution is -2.28. The van der Waals surface area contributed by atoms with Crippen LogP contribution >= 0.6 is 23.4 Å². The van der Waals surface area contributed by atoms with E-state index in [4.69, 9.17) is 11.6 Å². The Labute approximate surface area is 144 Å². The molecule has 1 N–H and O–H groups in total. The van der Waals surface area contributed by atoms with Crippen LogP contribution in [-0.2, 0) is 11.8 Å². The first-order valence-electron chi connectivity index (χ1n) is 7.61. The van der Waals surface area contributed by atoms with Gasteiger partial charge in [0.2, 0.25) is 5.91 Å². The Kier molecular flexibility index (Phi) is 4.92. The van der Waals surface area contributed by atoms with Crippen LogP contribution in [0.3, 0.4) is 0 Å².